The first-order chi connectivity index (χ1) is 12.8. The Balaban J connectivity index is 1.54. The monoisotopic (exact) mass is 409 g/mol. The second-order valence-electron chi connectivity index (χ2n) is 6.70. The van der Waals surface area contributed by atoms with Crippen LogP contribution in [0.1, 0.15) is 16.8 Å². The molecule has 2 aliphatic rings. The molecule has 0 fully saturated rings. The van der Waals surface area contributed by atoms with Gasteiger partial charge in [-0.15, -0.1) is 0 Å². The fourth-order valence-corrected chi connectivity index (χ4v) is 4.06. The molecule has 3 heterocycles. The number of fused-ring (bicyclic) bond motifs is 2. The first-order valence-corrected chi connectivity index (χ1v) is 10.7. The fraction of sp³-hybridized carbons (Fsp3) is 0.333. The summed E-state index contributed by atoms with van der Waals surface area (Å²) in [7, 11) is -3.42. The van der Waals surface area contributed by atoms with Gasteiger partial charge in [-0.3, -0.25) is 4.90 Å². The molecule has 0 spiro atoms. The molecule has 2 aliphatic heterocycles. The molecule has 0 atom stereocenters. The number of ether oxygens (including phenoxy) is 1. The van der Waals surface area contributed by atoms with Crippen LogP contribution in [0.25, 0.3) is 5.03 Å². The van der Waals surface area contributed by atoms with Crippen LogP contribution in [0.2, 0.25) is 0 Å². The Morgan fingerprint density at radius 3 is 2.96 bits per heavy atom. The first-order valence-electron chi connectivity index (χ1n) is 8.39. The minimum atomic E-state index is -3.42. The van der Waals surface area contributed by atoms with Gasteiger partial charge < -0.3 is 4.74 Å². The second kappa shape index (κ2) is 6.85. The molecule has 6 nitrogen and oxygen atoms in total. The summed E-state index contributed by atoms with van der Waals surface area (Å²) in [6.07, 6.45) is 3.29. The van der Waals surface area contributed by atoms with Crippen molar-refractivity contribution in [2.24, 2.45) is 0 Å². The van der Waals surface area contributed by atoms with Crippen LogP contribution < -0.4 is 4.74 Å². The Morgan fingerprint density at radius 2 is 2.19 bits per heavy atom. The molecular weight excluding hydrogens is 393 g/mol. The van der Waals surface area contributed by atoms with Gasteiger partial charge in [-0.2, -0.15) is 0 Å². The first kappa shape index (κ1) is 18.3. The summed E-state index contributed by atoms with van der Waals surface area (Å²) in [5.41, 5.74) is 3.10. The minimum Gasteiger partial charge on any atom is -0.488 e. The molecular formula is C18H17ClFN3O3S. The Labute approximate surface area is 161 Å². The van der Waals surface area contributed by atoms with Crippen LogP contribution in [0.15, 0.2) is 35.1 Å². The van der Waals surface area contributed by atoms with Crippen LogP contribution in [-0.2, 0) is 22.8 Å². The number of halogens is 2. The minimum absolute atomic E-state index is 0.139. The molecule has 0 saturated heterocycles. The number of hydrogen-bond acceptors (Lipinski definition) is 6. The number of benzene rings is 1. The van der Waals surface area contributed by atoms with E-state index in [2.05, 4.69) is 14.9 Å². The summed E-state index contributed by atoms with van der Waals surface area (Å²) in [5, 5.41) is 0.380. The smallest absolute Gasteiger partial charge is 0.246 e. The average molecular weight is 410 g/mol. The average Bonchev–Trinajstić information content (AvgIpc) is 2.63. The van der Waals surface area contributed by atoms with E-state index < -0.39 is 9.84 Å². The molecule has 0 amide bonds. The standard InChI is InChI=1S/C18H17ClFN3O3S/c1-27(24,25)18-21-7-11-8-23(5-4-15(11)22-18)9-12-10-26-16-3-2-13(20)6-14(16)17(12)19/h2-3,6-7H,4-5,8-10H2,1H3. The van der Waals surface area contributed by atoms with Crippen LogP contribution in [0.4, 0.5) is 4.39 Å². The predicted molar refractivity (Wildman–Crippen MR) is 98.8 cm³/mol. The van der Waals surface area contributed by atoms with Crippen molar-refractivity contribution in [3.63, 3.8) is 0 Å². The van der Waals surface area contributed by atoms with Crippen molar-refractivity contribution in [3.05, 3.63) is 52.6 Å². The van der Waals surface area contributed by atoms with Crippen molar-refractivity contribution >= 4 is 26.5 Å². The van der Waals surface area contributed by atoms with Gasteiger partial charge in [0.2, 0.25) is 15.0 Å². The summed E-state index contributed by atoms with van der Waals surface area (Å²) in [4.78, 5) is 10.3. The predicted octanol–water partition coefficient (Wildman–Crippen LogP) is 2.42. The van der Waals surface area contributed by atoms with E-state index >= 15 is 0 Å². The SMILES string of the molecule is CS(=O)(=O)c1ncc2c(n1)CCN(CC1=C(Cl)c3cc(F)ccc3OC1)C2. The van der Waals surface area contributed by atoms with Crippen LogP contribution in [0, 0.1) is 5.82 Å². The molecule has 0 unspecified atom stereocenters. The Kier molecular flexibility index (Phi) is 4.65. The summed E-state index contributed by atoms with van der Waals surface area (Å²) < 4.78 is 42.4. The lowest BCUT2D eigenvalue weighted by molar-refractivity contribution is 0.254. The maximum absolute atomic E-state index is 13.5. The molecule has 142 valence electrons. The third-order valence-corrected chi connectivity index (χ3v) is 5.96. The van der Waals surface area contributed by atoms with E-state index in [0.717, 1.165) is 23.1 Å². The lowest BCUT2D eigenvalue weighted by Crippen LogP contribution is -2.34. The van der Waals surface area contributed by atoms with Crippen LogP contribution in [0.5, 0.6) is 5.75 Å². The van der Waals surface area contributed by atoms with Gasteiger partial charge in [0.15, 0.2) is 0 Å². The van der Waals surface area contributed by atoms with E-state index in [9.17, 15) is 12.8 Å². The van der Waals surface area contributed by atoms with Crippen LogP contribution in [-0.4, -0.2) is 49.2 Å². The van der Waals surface area contributed by atoms with Gasteiger partial charge in [0.1, 0.15) is 18.2 Å². The molecule has 1 aromatic heterocycles. The van der Waals surface area contributed by atoms with E-state index in [1.165, 1.54) is 12.1 Å². The maximum Gasteiger partial charge on any atom is 0.246 e. The third kappa shape index (κ3) is 3.69. The summed E-state index contributed by atoms with van der Waals surface area (Å²) >= 11 is 6.49. The highest BCUT2D eigenvalue weighted by Crippen LogP contribution is 2.36. The van der Waals surface area contributed by atoms with E-state index in [4.69, 9.17) is 16.3 Å². The molecule has 0 N–H and O–H groups in total. The molecule has 0 saturated carbocycles. The number of rotatable bonds is 3. The van der Waals surface area contributed by atoms with Gasteiger partial charge in [0.05, 0.1) is 10.7 Å². The molecule has 0 radical (unpaired) electrons. The Hall–Kier alpha value is -2.03. The van der Waals surface area contributed by atoms with Crippen molar-refractivity contribution in [2.75, 3.05) is 26.0 Å². The Morgan fingerprint density at radius 1 is 1.37 bits per heavy atom. The van der Waals surface area contributed by atoms with Gasteiger partial charge in [-0.05, 0) is 18.2 Å². The number of sulfone groups is 1. The zero-order chi connectivity index (χ0) is 19.2. The number of hydrogen-bond donors (Lipinski definition) is 0. The van der Waals surface area contributed by atoms with Gasteiger partial charge >= 0.3 is 0 Å². The highest BCUT2D eigenvalue weighted by Gasteiger charge is 2.25. The van der Waals surface area contributed by atoms with E-state index in [1.807, 2.05) is 0 Å². The third-order valence-electron chi connectivity index (χ3n) is 4.63. The van der Waals surface area contributed by atoms with Crippen molar-refractivity contribution in [3.8, 4) is 5.75 Å². The summed E-state index contributed by atoms with van der Waals surface area (Å²) in [6, 6.07) is 4.31. The summed E-state index contributed by atoms with van der Waals surface area (Å²) in [6.45, 7) is 2.21. The largest absolute Gasteiger partial charge is 0.488 e. The zero-order valence-corrected chi connectivity index (χ0v) is 16.1. The normalized spacial score (nSPS) is 17.3. The lowest BCUT2D eigenvalue weighted by atomic mass is 10.0. The molecule has 0 bridgehead atoms. The zero-order valence-electron chi connectivity index (χ0n) is 14.6. The van der Waals surface area contributed by atoms with Crippen LogP contribution >= 0.6 is 11.6 Å². The Bertz CT molecular complexity index is 1060. The highest BCUT2D eigenvalue weighted by molar-refractivity contribution is 7.90. The molecule has 2 aromatic rings. The van der Waals surface area contributed by atoms with Crippen molar-refractivity contribution in [1.29, 1.82) is 0 Å². The van der Waals surface area contributed by atoms with Crippen molar-refractivity contribution < 1.29 is 17.5 Å². The van der Waals surface area contributed by atoms with Crippen molar-refractivity contribution in [2.45, 2.75) is 18.1 Å². The van der Waals surface area contributed by atoms with Gasteiger partial charge in [0, 0.05) is 55.2 Å². The molecule has 9 heteroatoms. The quantitative estimate of drug-likeness (QED) is 0.725. The van der Waals surface area contributed by atoms with E-state index in [0.29, 0.717) is 49.0 Å². The van der Waals surface area contributed by atoms with Gasteiger partial charge in [0.25, 0.3) is 0 Å². The fourth-order valence-electron chi connectivity index (χ4n) is 3.27. The van der Waals surface area contributed by atoms with E-state index in [-0.39, 0.29) is 11.0 Å². The van der Waals surface area contributed by atoms with Crippen molar-refractivity contribution in [1.82, 2.24) is 14.9 Å². The molecule has 4 rings (SSSR count). The number of nitrogens with zero attached hydrogens (tertiary/aromatic N) is 3. The van der Waals surface area contributed by atoms with Crippen LogP contribution in [0.3, 0.4) is 0 Å². The topological polar surface area (TPSA) is 72.4 Å². The van der Waals surface area contributed by atoms with Gasteiger partial charge in [-0.1, -0.05) is 11.6 Å². The molecule has 0 aliphatic carbocycles. The number of aromatic nitrogens is 2. The summed E-state index contributed by atoms with van der Waals surface area (Å²) in [5.74, 6) is 0.221. The maximum atomic E-state index is 13.5. The highest BCUT2D eigenvalue weighted by atomic mass is 35.5. The van der Waals surface area contributed by atoms with Gasteiger partial charge in [-0.25, -0.2) is 22.8 Å². The van der Waals surface area contributed by atoms with E-state index in [1.54, 1.807) is 12.3 Å². The molecule has 27 heavy (non-hydrogen) atoms. The second-order valence-corrected chi connectivity index (χ2v) is 8.99. The lowest BCUT2D eigenvalue weighted by Gasteiger charge is -2.30. The molecule has 1 aromatic carbocycles.